The van der Waals surface area contributed by atoms with Crippen molar-refractivity contribution in [3.05, 3.63) is 23.4 Å². The van der Waals surface area contributed by atoms with Gasteiger partial charge in [0.1, 0.15) is 11.9 Å². The van der Waals surface area contributed by atoms with Gasteiger partial charge in [-0.05, 0) is 39.1 Å². The van der Waals surface area contributed by atoms with Crippen LogP contribution in [0.2, 0.25) is 0 Å². The predicted octanol–water partition coefficient (Wildman–Crippen LogP) is 1.38. The molecule has 0 bridgehead atoms. The zero-order valence-corrected chi connectivity index (χ0v) is 9.70. The van der Waals surface area contributed by atoms with Crippen LogP contribution in [0.15, 0.2) is 12.1 Å². The normalized spacial score (nSPS) is 20.7. The molecule has 0 spiro atoms. The van der Waals surface area contributed by atoms with Gasteiger partial charge in [0.2, 0.25) is 0 Å². The maximum absolute atomic E-state index is 8.99. The van der Waals surface area contributed by atoms with Gasteiger partial charge in [-0.15, -0.1) is 0 Å². The summed E-state index contributed by atoms with van der Waals surface area (Å²) in [7, 11) is 2.11. The minimum atomic E-state index is 0.409. The average molecular weight is 216 g/mol. The minimum absolute atomic E-state index is 0.409. The number of rotatable bonds is 2. The van der Waals surface area contributed by atoms with Crippen LogP contribution in [-0.4, -0.2) is 36.1 Å². The fourth-order valence-electron chi connectivity index (χ4n) is 2.00. The first-order chi connectivity index (χ1) is 7.69. The highest BCUT2D eigenvalue weighted by Gasteiger charge is 2.20. The Morgan fingerprint density at radius 3 is 3.00 bits per heavy atom. The molecule has 84 valence electrons. The molecule has 0 aromatic carbocycles. The Morgan fingerprint density at radius 2 is 2.38 bits per heavy atom. The van der Waals surface area contributed by atoms with Crippen molar-refractivity contribution in [1.82, 2.24) is 9.88 Å². The molecule has 1 fully saturated rings. The third-order valence-electron chi connectivity index (χ3n) is 2.89. The zero-order chi connectivity index (χ0) is 11.5. The number of aromatic nitrogens is 1. The Balaban J connectivity index is 2.14. The first-order valence-electron chi connectivity index (χ1n) is 5.52. The van der Waals surface area contributed by atoms with Crippen molar-refractivity contribution in [2.45, 2.75) is 19.4 Å². The summed E-state index contributed by atoms with van der Waals surface area (Å²) >= 11 is 0. The molecule has 0 saturated carbocycles. The van der Waals surface area contributed by atoms with Crippen molar-refractivity contribution in [3.8, 4) is 6.07 Å². The lowest BCUT2D eigenvalue weighted by atomic mass is 10.2. The molecule has 1 atom stereocenters. The van der Waals surface area contributed by atoms with E-state index >= 15 is 0 Å². The molecule has 1 aliphatic rings. The molecule has 1 aromatic heterocycles. The monoisotopic (exact) mass is 216 g/mol. The number of anilines is 1. The van der Waals surface area contributed by atoms with E-state index in [9.17, 15) is 0 Å². The van der Waals surface area contributed by atoms with E-state index in [0.717, 1.165) is 31.0 Å². The van der Waals surface area contributed by atoms with Crippen molar-refractivity contribution >= 4 is 5.82 Å². The zero-order valence-electron chi connectivity index (χ0n) is 9.70. The molecule has 4 heteroatoms. The predicted molar refractivity (Wildman–Crippen MR) is 63.2 cm³/mol. The summed E-state index contributed by atoms with van der Waals surface area (Å²) in [6.45, 7) is 4.05. The molecule has 1 saturated heterocycles. The highest BCUT2D eigenvalue weighted by molar-refractivity contribution is 5.52. The Bertz CT molecular complexity index is 422. The van der Waals surface area contributed by atoms with Crippen LogP contribution < -0.4 is 5.32 Å². The van der Waals surface area contributed by atoms with Crippen molar-refractivity contribution in [3.63, 3.8) is 0 Å². The highest BCUT2D eigenvalue weighted by Crippen LogP contribution is 2.17. The molecular weight excluding hydrogens is 200 g/mol. The fourth-order valence-corrected chi connectivity index (χ4v) is 2.00. The standard InChI is InChI=1S/C12H16N4/c1-9-3-4-10(7-13)12(14-9)15-11-5-6-16(2)8-11/h3-4,11H,5-6,8H2,1-2H3,(H,14,15). The van der Waals surface area contributed by atoms with E-state index in [0.29, 0.717) is 11.6 Å². The summed E-state index contributed by atoms with van der Waals surface area (Å²) in [5.41, 5.74) is 1.56. The Morgan fingerprint density at radius 1 is 1.56 bits per heavy atom. The van der Waals surface area contributed by atoms with Gasteiger partial charge in [0.15, 0.2) is 0 Å². The number of hydrogen-bond acceptors (Lipinski definition) is 4. The van der Waals surface area contributed by atoms with Gasteiger partial charge in [-0.3, -0.25) is 0 Å². The molecular formula is C12H16N4. The Kier molecular flexibility index (Phi) is 3.07. The molecule has 1 unspecified atom stereocenters. The van der Waals surface area contributed by atoms with Gasteiger partial charge >= 0.3 is 0 Å². The summed E-state index contributed by atoms with van der Waals surface area (Å²) in [6.07, 6.45) is 1.11. The molecule has 1 aliphatic heterocycles. The number of nitrogens with one attached hydrogen (secondary N) is 1. The third-order valence-corrected chi connectivity index (χ3v) is 2.89. The molecule has 2 rings (SSSR count). The number of likely N-dealkylation sites (tertiary alicyclic amines) is 1. The van der Waals surface area contributed by atoms with E-state index in [1.165, 1.54) is 0 Å². The number of nitrogens with zero attached hydrogens (tertiary/aromatic N) is 3. The van der Waals surface area contributed by atoms with Crippen LogP contribution in [0.1, 0.15) is 17.7 Å². The summed E-state index contributed by atoms with van der Waals surface area (Å²) in [4.78, 5) is 6.66. The Labute approximate surface area is 95.9 Å². The van der Waals surface area contributed by atoms with Gasteiger partial charge in [-0.1, -0.05) is 0 Å². The van der Waals surface area contributed by atoms with E-state index in [-0.39, 0.29) is 0 Å². The second-order valence-electron chi connectivity index (χ2n) is 4.35. The van der Waals surface area contributed by atoms with Crippen molar-refractivity contribution in [2.24, 2.45) is 0 Å². The maximum Gasteiger partial charge on any atom is 0.144 e. The van der Waals surface area contributed by atoms with Crippen LogP contribution in [0.3, 0.4) is 0 Å². The van der Waals surface area contributed by atoms with Gasteiger partial charge < -0.3 is 10.2 Å². The van der Waals surface area contributed by atoms with E-state index in [1.807, 2.05) is 19.1 Å². The van der Waals surface area contributed by atoms with E-state index < -0.39 is 0 Å². The first kappa shape index (κ1) is 10.9. The number of nitriles is 1. The number of aryl methyl sites for hydroxylation is 1. The second kappa shape index (κ2) is 4.50. The molecule has 1 N–H and O–H groups in total. The van der Waals surface area contributed by atoms with Gasteiger partial charge in [0, 0.05) is 18.3 Å². The fraction of sp³-hybridized carbons (Fsp3) is 0.500. The Hall–Kier alpha value is -1.60. The lowest BCUT2D eigenvalue weighted by molar-refractivity contribution is 0.414. The van der Waals surface area contributed by atoms with Crippen LogP contribution >= 0.6 is 0 Å². The quantitative estimate of drug-likeness (QED) is 0.811. The second-order valence-corrected chi connectivity index (χ2v) is 4.35. The van der Waals surface area contributed by atoms with Crippen LogP contribution in [0.5, 0.6) is 0 Å². The lowest BCUT2D eigenvalue weighted by Crippen LogP contribution is -2.24. The van der Waals surface area contributed by atoms with Crippen molar-refractivity contribution in [1.29, 1.82) is 5.26 Å². The van der Waals surface area contributed by atoms with Gasteiger partial charge in [0.25, 0.3) is 0 Å². The third kappa shape index (κ3) is 2.31. The first-order valence-corrected chi connectivity index (χ1v) is 5.52. The average Bonchev–Trinajstić information content (AvgIpc) is 2.64. The van der Waals surface area contributed by atoms with E-state index in [4.69, 9.17) is 5.26 Å². The SMILES string of the molecule is Cc1ccc(C#N)c(NC2CCN(C)C2)n1. The highest BCUT2D eigenvalue weighted by atomic mass is 15.2. The minimum Gasteiger partial charge on any atom is -0.365 e. The van der Waals surface area contributed by atoms with Crippen LogP contribution in [0, 0.1) is 18.3 Å². The van der Waals surface area contributed by atoms with E-state index in [1.54, 1.807) is 0 Å². The molecule has 1 aromatic rings. The molecule has 0 aliphatic carbocycles. The topological polar surface area (TPSA) is 52.0 Å². The summed E-state index contributed by atoms with van der Waals surface area (Å²) < 4.78 is 0. The molecule has 0 radical (unpaired) electrons. The van der Waals surface area contributed by atoms with Crippen LogP contribution in [0.25, 0.3) is 0 Å². The van der Waals surface area contributed by atoms with Crippen molar-refractivity contribution < 1.29 is 0 Å². The smallest absolute Gasteiger partial charge is 0.144 e. The summed E-state index contributed by atoms with van der Waals surface area (Å²) in [6, 6.07) is 6.27. The summed E-state index contributed by atoms with van der Waals surface area (Å²) in [5, 5.41) is 12.4. The largest absolute Gasteiger partial charge is 0.365 e. The van der Waals surface area contributed by atoms with Crippen LogP contribution in [-0.2, 0) is 0 Å². The van der Waals surface area contributed by atoms with E-state index in [2.05, 4.69) is 28.3 Å². The maximum atomic E-state index is 8.99. The van der Waals surface area contributed by atoms with Gasteiger partial charge in [-0.25, -0.2) is 4.98 Å². The number of pyridine rings is 1. The van der Waals surface area contributed by atoms with Gasteiger partial charge in [-0.2, -0.15) is 5.26 Å². The molecule has 0 amide bonds. The molecule has 16 heavy (non-hydrogen) atoms. The molecule has 2 heterocycles. The van der Waals surface area contributed by atoms with Crippen molar-refractivity contribution in [2.75, 3.05) is 25.5 Å². The summed E-state index contributed by atoms with van der Waals surface area (Å²) in [5.74, 6) is 0.725. The number of hydrogen-bond donors (Lipinski definition) is 1. The van der Waals surface area contributed by atoms with Gasteiger partial charge in [0.05, 0.1) is 5.56 Å². The van der Waals surface area contributed by atoms with Crippen LogP contribution in [0.4, 0.5) is 5.82 Å². The molecule has 4 nitrogen and oxygen atoms in total. The lowest BCUT2D eigenvalue weighted by Gasteiger charge is -2.14. The number of likely N-dealkylation sites (N-methyl/N-ethyl adjacent to an activating group) is 1.